The number of nitrogens with zero attached hydrogens (tertiary/aromatic N) is 2. The van der Waals surface area contributed by atoms with E-state index in [1.165, 1.54) is 0 Å². The number of aliphatic hydroxyl groups excluding tert-OH is 1. The number of nitrogens with one attached hydrogen (secondary N) is 1. The first kappa shape index (κ1) is 19.8. The molecule has 4 N–H and O–H groups in total. The molecule has 0 radical (unpaired) electrons. The second kappa shape index (κ2) is 8.75. The molecule has 1 aromatic carbocycles. The molecule has 0 saturated heterocycles. The van der Waals surface area contributed by atoms with Gasteiger partial charge in [0.05, 0.1) is 11.6 Å². The number of aromatic nitrogens is 2. The number of alkyl halides is 1. The molecule has 1 aromatic heterocycles. The SMILES string of the molecule is CC(C)C(NC(=O)c1nn(CCCC(O)CF)c2ccccc12)C(N)=O. The highest BCUT2D eigenvalue weighted by atomic mass is 19.1. The minimum absolute atomic E-state index is 0.146. The van der Waals surface area contributed by atoms with Crippen molar-refractivity contribution in [1.82, 2.24) is 15.1 Å². The zero-order chi connectivity index (χ0) is 19.3. The molecule has 2 unspecified atom stereocenters. The van der Waals surface area contributed by atoms with Crippen molar-refractivity contribution in [2.45, 2.75) is 45.4 Å². The maximum Gasteiger partial charge on any atom is 0.273 e. The van der Waals surface area contributed by atoms with Crippen LogP contribution in [0.5, 0.6) is 0 Å². The number of amides is 2. The summed E-state index contributed by atoms with van der Waals surface area (Å²) >= 11 is 0. The van der Waals surface area contributed by atoms with Crippen molar-refractivity contribution in [3.63, 3.8) is 0 Å². The van der Waals surface area contributed by atoms with Crippen LogP contribution >= 0.6 is 0 Å². The van der Waals surface area contributed by atoms with Crippen molar-refractivity contribution in [2.75, 3.05) is 6.67 Å². The topological polar surface area (TPSA) is 110 Å². The number of aryl methyl sites for hydroxylation is 1. The summed E-state index contributed by atoms with van der Waals surface area (Å²) < 4.78 is 14.0. The Labute approximate surface area is 151 Å². The summed E-state index contributed by atoms with van der Waals surface area (Å²) in [6.45, 7) is 3.25. The van der Waals surface area contributed by atoms with Crippen LogP contribution in [0.4, 0.5) is 4.39 Å². The van der Waals surface area contributed by atoms with E-state index in [0.717, 1.165) is 5.52 Å². The minimum atomic E-state index is -0.984. The molecule has 2 rings (SSSR count). The quantitative estimate of drug-likeness (QED) is 0.624. The standard InChI is InChI=1S/C18H25FN4O3/c1-11(2)15(17(20)25)21-18(26)16-13-7-3-4-8-14(13)23(22-16)9-5-6-12(24)10-19/h3-4,7-8,11-12,15,24H,5-6,9-10H2,1-2H3,(H2,20,25)(H,21,26). The fraction of sp³-hybridized carbons (Fsp3) is 0.500. The van der Waals surface area contributed by atoms with Gasteiger partial charge < -0.3 is 16.2 Å². The molecule has 142 valence electrons. The second-order valence-corrected chi connectivity index (χ2v) is 6.64. The van der Waals surface area contributed by atoms with Gasteiger partial charge in [-0.15, -0.1) is 0 Å². The summed E-state index contributed by atoms with van der Waals surface area (Å²) in [7, 11) is 0. The number of hydrogen-bond acceptors (Lipinski definition) is 4. The van der Waals surface area contributed by atoms with Gasteiger partial charge in [-0.2, -0.15) is 5.10 Å². The van der Waals surface area contributed by atoms with Gasteiger partial charge in [-0.1, -0.05) is 32.0 Å². The van der Waals surface area contributed by atoms with Gasteiger partial charge in [0.2, 0.25) is 5.91 Å². The molecule has 0 spiro atoms. The first-order valence-electron chi connectivity index (χ1n) is 8.65. The Hall–Kier alpha value is -2.48. The number of primary amides is 1. The lowest BCUT2D eigenvalue weighted by Crippen LogP contribution is -2.47. The normalized spacial score (nSPS) is 13.7. The number of hydrogen-bond donors (Lipinski definition) is 3. The van der Waals surface area contributed by atoms with E-state index < -0.39 is 30.6 Å². The summed E-state index contributed by atoms with van der Waals surface area (Å²) in [5, 5.41) is 17.0. The monoisotopic (exact) mass is 364 g/mol. The maximum atomic E-state index is 12.6. The Morgan fingerprint density at radius 3 is 2.65 bits per heavy atom. The van der Waals surface area contributed by atoms with Crippen molar-refractivity contribution >= 4 is 22.7 Å². The van der Waals surface area contributed by atoms with Crippen LogP contribution in [0, 0.1) is 5.92 Å². The van der Waals surface area contributed by atoms with Crippen LogP contribution in [0.2, 0.25) is 0 Å². The number of benzene rings is 1. The molecule has 1 heterocycles. The Kier molecular flexibility index (Phi) is 6.68. The Morgan fingerprint density at radius 2 is 2.04 bits per heavy atom. The van der Waals surface area contributed by atoms with Crippen molar-refractivity contribution in [2.24, 2.45) is 11.7 Å². The molecule has 7 nitrogen and oxygen atoms in total. The number of para-hydroxylation sites is 1. The van der Waals surface area contributed by atoms with E-state index >= 15 is 0 Å². The van der Waals surface area contributed by atoms with Gasteiger partial charge in [0.1, 0.15) is 12.7 Å². The zero-order valence-electron chi connectivity index (χ0n) is 15.0. The number of carbonyl (C=O) groups is 2. The highest BCUT2D eigenvalue weighted by Gasteiger charge is 2.25. The molecular formula is C18H25FN4O3. The van der Waals surface area contributed by atoms with E-state index in [0.29, 0.717) is 24.8 Å². The number of nitrogens with two attached hydrogens (primary N) is 1. The van der Waals surface area contributed by atoms with E-state index in [-0.39, 0.29) is 11.6 Å². The van der Waals surface area contributed by atoms with Gasteiger partial charge in [-0.05, 0) is 24.8 Å². The predicted molar refractivity (Wildman–Crippen MR) is 96.2 cm³/mol. The lowest BCUT2D eigenvalue weighted by molar-refractivity contribution is -0.120. The molecule has 0 aliphatic carbocycles. The fourth-order valence-electron chi connectivity index (χ4n) is 2.80. The molecule has 2 amide bonds. The van der Waals surface area contributed by atoms with E-state index in [9.17, 15) is 19.1 Å². The van der Waals surface area contributed by atoms with Crippen LogP contribution in [0.1, 0.15) is 37.2 Å². The first-order valence-corrected chi connectivity index (χ1v) is 8.65. The Bertz CT molecular complexity index is 775. The predicted octanol–water partition coefficient (Wildman–Crippen LogP) is 1.39. The Balaban J connectivity index is 2.24. The van der Waals surface area contributed by atoms with Crippen LogP contribution in [0.15, 0.2) is 24.3 Å². The summed E-state index contributed by atoms with van der Waals surface area (Å²) in [4.78, 5) is 24.2. The lowest BCUT2D eigenvalue weighted by atomic mass is 10.0. The van der Waals surface area contributed by atoms with Crippen LogP contribution in [0.25, 0.3) is 10.9 Å². The summed E-state index contributed by atoms with van der Waals surface area (Å²) in [5.74, 6) is -1.22. The average molecular weight is 364 g/mol. The molecule has 0 bridgehead atoms. The van der Waals surface area contributed by atoms with Crippen LogP contribution < -0.4 is 11.1 Å². The van der Waals surface area contributed by atoms with Gasteiger partial charge >= 0.3 is 0 Å². The van der Waals surface area contributed by atoms with Crippen molar-refractivity contribution in [3.8, 4) is 0 Å². The van der Waals surface area contributed by atoms with Crippen LogP contribution in [0.3, 0.4) is 0 Å². The van der Waals surface area contributed by atoms with E-state index in [1.807, 2.05) is 12.1 Å². The third kappa shape index (κ3) is 4.57. The third-order valence-electron chi connectivity index (χ3n) is 4.22. The molecule has 2 atom stereocenters. The number of fused-ring (bicyclic) bond motifs is 1. The van der Waals surface area contributed by atoms with E-state index in [2.05, 4.69) is 10.4 Å². The van der Waals surface area contributed by atoms with Crippen molar-refractivity contribution in [1.29, 1.82) is 0 Å². The zero-order valence-corrected chi connectivity index (χ0v) is 15.0. The summed E-state index contributed by atoms with van der Waals surface area (Å²) in [6.07, 6.45) is -0.154. The lowest BCUT2D eigenvalue weighted by Gasteiger charge is -2.18. The molecule has 0 aliphatic rings. The largest absolute Gasteiger partial charge is 0.390 e. The molecular weight excluding hydrogens is 339 g/mol. The average Bonchev–Trinajstić information content (AvgIpc) is 2.97. The Morgan fingerprint density at radius 1 is 1.35 bits per heavy atom. The van der Waals surface area contributed by atoms with Crippen LogP contribution in [-0.4, -0.2) is 45.5 Å². The third-order valence-corrected chi connectivity index (χ3v) is 4.22. The minimum Gasteiger partial charge on any atom is -0.390 e. The molecule has 26 heavy (non-hydrogen) atoms. The van der Waals surface area contributed by atoms with Crippen molar-refractivity contribution in [3.05, 3.63) is 30.0 Å². The number of rotatable bonds is 9. The molecule has 0 fully saturated rings. The molecule has 2 aromatic rings. The molecule has 0 aliphatic heterocycles. The van der Waals surface area contributed by atoms with E-state index in [1.54, 1.807) is 30.7 Å². The smallest absolute Gasteiger partial charge is 0.273 e. The number of halogens is 1. The van der Waals surface area contributed by atoms with Crippen LogP contribution in [-0.2, 0) is 11.3 Å². The number of aliphatic hydroxyl groups is 1. The summed E-state index contributed by atoms with van der Waals surface area (Å²) in [5.41, 5.74) is 6.32. The van der Waals surface area contributed by atoms with Gasteiger partial charge in [0, 0.05) is 11.9 Å². The van der Waals surface area contributed by atoms with Gasteiger partial charge in [-0.3, -0.25) is 14.3 Å². The van der Waals surface area contributed by atoms with Gasteiger partial charge in [0.15, 0.2) is 5.69 Å². The fourth-order valence-corrected chi connectivity index (χ4v) is 2.80. The van der Waals surface area contributed by atoms with Crippen molar-refractivity contribution < 1.29 is 19.1 Å². The highest BCUT2D eigenvalue weighted by Crippen LogP contribution is 2.19. The van der Waals surface area contributed by atoms with Gasteiger partial charge in [0.25, 0.3) is 5.91 Å². The highest BCUT2D eigenvalue weighted by molar-refractivity contribution is 6.06. The van der Waals surface area contributed by atoms with Gasteiger partial charge in [-0.25, -0.2) is 4.39 Å². The maximum absolute atomic E-state index is 12.6. The summed E-state index contributed by atoms with van der Waals surface area (Å²) in [6, 6.07) is 6.45. The molecule has 0 saturated carbocycles. The number of carbonyl (C=O) groups excluding carboxylic acids is 2. The first-order chi connectivity index (χ1) is 12.3. The molecule has 8 heteroatoms. The van der Waals surface area contributed by atoms with E-state index in [4.69, 9.17) is 5.73 Å². The second-order valence-electron chi connectivity index (χ2n) is 6.64.